The van der Waals surface area contributed by atoms with Crippen LogP contribution in [0.25, 0.3) is 0 Å². The Balaban J connectivity index is 2.62. The highest BCUT2D eigenvalue weighted by Gasteiger charge is 2.42. The van der Waals surface area contributed by atoms with Gasteiger partial charge in [-0.15, -0.1) is 0 Å². The van der Waals surface area contributed by atoms with Gasteiger partial charge in [-0.1, -0.05) is 0 Å². The van der Waals surface area contributed by atoms with E-state index in [0.717, 1.165) is 0 Å². The Morgan fingerprint density at radius 3 is 2.12 bits per heavy atom. The molecular formula is C16H31NO6Si. The molecule has 24 heavy (non-hydrogen) atoms. The number of hydrogen-bond donors (Lipinski definition) is 1. The molecule has 0 aliphatic carbocycles. The predicted molar refractivity (Wildman–Crippen MR) is 91.5 cm³/mol. The molecule has 1 fully saturated rings. The van der Waals surface area contributed by atoms with E-state index in [0.29, 0.717) is 45.3 Å². The zero-order chi connectivity index (χ0) is 18.2. The molecule has 8 heteroatoms. The molecule has 1 N–H and O–H groups in total. The topological polar surface area (TPSA) is 85.3 Å². The van der Waals surface area contributed by atoms with Crippen molar-refractivity contribution in [1.29, 1.82) is 0 Å². The van der Waals surface area contributed by atoms with Crippen LogP contribution in [0.4, 0.5) is 0 Å². The second kappa shape index (κ2) is 10.2. The van der Waals surface area contributed by atoms with Gasteiger partial charge in [0.15, 0.2) is 5.78 Å². The van der Waals surface area contributed by atoms with Crippen molar-refractivity contribution in [2.75, 3.05) is 26.4 Å². The van der Waals surface area contributed by atoms with Gasteiger partial charge in [0.2, 0.25) is 5.91 Å². The average molecular weight is 362 g/mol. The summed E-state index contributed by atoms with van der Waals surface area (Å²) >= 11 is 0. The first kappa shape index (κ1) is 21.2. The first-order valence-electron chi connectivity index (χ1n) is 8.80. The first-order valence-corrected chi connectivity index (χ1v) is 10.7. The van der Waals surface area contributed by atoms with Gasteiger partial charge in [-0.3, -0.25) is 9.59 Å². The molecule has 1 aliphatic heterocycles. The lowest BCUT2D eigenvalue weighted by atomic mass is 10.0. The van der Waals surface area contributed by atoms with Crippen molar-refractivity contribution in [3.8, 4) is 0 Å². The van der Waals surface area contributed by atoms with Crippen LogP contribution in [-0.2, 0) is 22.9 Å². The van der Waals surface area contributed by atoms with E-state index in [1.807, 2.05) is 20.8 Å². The lowest BCUT2D eigenvalue weighted by Gasteiger charge is -2.29. The van der Waals surface area contributed by atoms with E-state index in [9.17, 15) is 14.7 Å². The summed E-state index contributed by atoms with van der Waals surface area (Å²) in [6.45, 7) is 9.04. The van der Waals surface area contributed by atoms with Crippen molar-refractivity contribution in [1.82, 2.24) is 4.90 Å². The number of nitrogens with zero attached hydrogens (tertiary/aromatic N) is 1. The van der Waals surface area contributed by atoms with Gasteiger partial charge in [0.05, 0.1) is 6.10 Å². The molecule has 1 amide bonds. The van der Waals surface area contributed by atoms with E-state index < -0.39 is 21.0 Å². The molecular weight excluding hydrogens is 330 g/mol. The van der Waals surface area contributed by atoms with Gasteiger partial charge in [0, 0.05) is 45.8 Å². The third-order valence-electron chi connectivity index (χ3n) is 4.10. The summed E-state index contributed by atoms with van der Waals surface area (Å²) in [5.41, 5.74) is 0. The van der Waals surface area contributed by atoms with Crippen LogP contribution in [0.5, 0.6) is 0 Å². The summed E-state index contributed by atoms with van der Waals surface area (Å²) in [6.07, 6.45) is 0.507. The Kier molecular flexibility index (Phi) is 9.07. The molecule has 0 saturated carbocycles. The van der Waals surface area contributed by atoms with Crippen LogP contribution in [-0.4, -0.2) is 69.0 Å². The van der Waals surface area contributed by atoms with Crippen molar-refractivity contribution >= 4 is 20.5 Å². The summed E-state index contributed by atoms with van der Waals surface area (Å²) < 4.78 is 17.3. The Morgan fingerprint density at radius 2 is 1.67 bits per heavy atom. The Hall–Kier alpha value is -0.803. The van der Waals surface area contributed by atoms with E-state index in [1.54, 1.807) is 0 Å². The van der Waals surface area contributed by atoms with Gasteiger partial charge in [0.25, 0.3) is 0 Å². The van der Waals surface area contributed by atoms with Gasteiger partial charge in [-0.05, 0) is 33.6 Å². The summed E-state index contributed by atoms with van der Waals surface area (Å²) in [7, 11) is -2.75. The predicted octanol–water partition coefficient (Wildman–Crippen LogP) is 1.37. The maximum absolute atomic E-state index is 12.5. The quantitative estimate of drug-likeness (QED) is 0.560. The minimum absolute atomic E-state index is 0.109. The van der Waals surface area contributed by atoms with E-state index in [4.69, 9.17) is 13.3 Å². The smallest absolute Gasteiger partial charge is 0.390 e. The van der Waals surface area contributed by atoms with Crippen LogP contribution in [0.15, 0.2) is 0 Å². The van der Waals surface area contributed by atoms with Crippen molar-refractivity contribution in [3.63, 3.8) is 0 Å². The van der Waals surface area contributed by atoms with E-state index >= 15 is 0 Å². The van der Waals surface area contributed by atoms with Crippen molar-refractivity contribution in [2.24, 2.45) is 0 Å². The molecule has 1 heterocycles. The van der Waals surface area contributed by atoms with E-state index in [-0.39, 0.29) is 18.1 Å². The van der Waals surface area contributed by atoms with E-state index in [1.165, 1.54) is 11.8 Å². The maximum atomic E-state index is 12.5. The number of aliphatic hydroxyl groups excluding tert-OH is 1. The lowest BCUT2D eigenvalue weighted by molar-refractivity contribution is -0.138. The first-order chi connectivity index (χ1) is 11.4. The number of hydrogen-bond acceptors (Lipinski definition) is 6. The third-order valence-corrected chi connectivity index (χ3v) is 7.25. The minimum Gasteiger partial charge on any atom is -0.390 e. The normalized spacial score (nSPS) is 21.3. The minimum atomic E-state index is -2.75. The van der Waals surface area contributed by atoms with Crippen LogP contribution in [0, 0.1) is 0 Å². The average Bonchev–Trinajstić information content (AvgIpc) is 2.90. The van der Waals surface area contributed by atoms with Gasteiger partial charge in [-0.2, -0.15) is 0 Å². The van der Waals surface area contributed by atoms with Crippen molar-refractivity contribution in [2.45, 2.75) is 65.1 Å². The van der Waals surface area contributed by atoms with Crippen LogP contribution in [0.2, 0.25) is 6.04 Å². The molecule has 0 aromatic heterocycles. The molecule has 0 spiro atoms. The SMILES string of the molecule is CCO[Si](CCCC(=O)[C@@H]1C(O)CCN1C(C)=O)(OCC)OCC. The highest BCUT2D eigenvalue weighted by Crippen LogP contribution is 2.23. The lowest BCUT2D eigenvalue weighted by Crippen LogP contribution is -2.47. The number of aliphatic hydroxyl groups is 1. The number of carbonyl (C=O) groups excluding carboxylic acids is 2. The number of amides is 1. The highest BCUT2D eigenvalue weighted by atomic mass is 28.4. The maximum Gasteiger partial charge on any atom is 0.500 e. The summed E-state index contributed by atoms with van der Waals surface area (Å²) in [5, 5.41) is 10.0. The Labute approximate surface area is 145 Å². The summed E-state index contributed by atoms with van der Waals surface area (Å²) in [5.74, 6) is -0.283. The van der Waals surface area contributed by atoms with Crippen molar-refractivity contribution < 1.29 is 28.0 Å². The molecule has 2 atom stereocenters. The zero-order valence-corrected chi connectivity index (χ0v) is 16.2. The van der Waals surface area contributed by atoms with E-state index in [2.05, 4.69) is 0 Å². The molecule has 1 saturated heterocycles. The monoisotopic (exact) mass is 361 g/mol. The zero-order valence-electron chi connectivity index (χ0n) is 15.2. The van der Waals surface area contributed by atoms with Gasteiger partial charge in [0.1, 0.15) is 6.04 Å². The third kappa shape index (κ3) is 5.63. The molecule has 1 unspecified atom stereocenters. The van der Waals surface area contributed by atoms with Gasteiger partial charge in [-0.25, -0.2) is 0 Å². The van der Waals surface area contributed by atoms with Crippen molar-refractivity contribution in [3.05, 3.63) is 0 Å². The molecule has 0 bridgehead atoms. The fourth-order valence-electron chi connectivity index (χ4n) is 3.15. The number of ketones is 1. The number of likely N-dealkylation sites (tertiary alicyclic amines) is 1. The van der Waals surface area contributed by atoms with Gasteiger partial charge < -0.3 is 23.3 Å². The number of carbonyl (C=O) groups is 2. The van der Waals surface area contributed by atoms with Crippen LogP contribution in [0.1, 0.15) is 47.0 Å². The summed E-state index contributed by atoms with van der Waals surface area (Å²) in [4.78, 5) is 25.5. The standard InChI is InChI=1S/C16H31NO6Si/c1-5-21-24(22-6-2,23-7-3)12-8-9-14(19)16-15(20)10-11-17(16)13(4)18/h15-16,20H,5-12H2,1-4H3/t15?,16-/m1/s1. The van der Waals surface area contributed by atoms with Gasteiger partial charge >= 0.3 is 8.80 Å². The number of rotatable bonds is 11. The van der Waals surface area contributed by atoms with Crippen LogP contribution >= 0.6 is 0 Å². The van der Waals surface area contributed by atoms with Crippen LogP contribution in [0.3, 0.4) is 0 Å². The Bertz CT molecular complexity index is 402. The highest BCUT2D eigenvalue weighted by molar-refractivity contribution is 6.60. The largest absolute Gasteiger partial charge is 0.500 e. The second-order valence-corrected chi connectivity index (χ2v) is 8.55. The van der Waals surface area contributed by atoms with Crippen LogP contribution < -0.4 is 0 Å². The summed E-state index contributed by atoms with van der Waals surface area (Å²) in [6, 6.07) is -0.165. The molecule has 0 aromatic carbocycles. The molecule has 140 valence electrons. The fraction of sp³-hybridized carbons (Fsp3) is 0.875. The fourth-order valence-corrected chi connectivity index (χ4v) is 5.76. The molecule has 0 aromatic rings. The molecule has 7 nitrogen and oxygen atoms in total. The molecule has 0 radical (unpaired) electrons. The molecule has 1 aliphatic rings. The Morgan fingerprint density at radius 1 is 1.12 bits per heavy atom. The second-order valence-electron chi connectivity index (χ2n) is 5.82. The number of Topliss-reactive ketones (excluding diaryl/α,β-unsaturated/α-hetero) is 1. The molecule has 1 rings (SSSR count).